The first-order valence-corrected chi connectivity index (χ1v) is 7.35. The van der Waals surface area contributed by atoms with E-state index in [0.717, 1.165) is 6.20 Å². The Morgan fingerprint density at radius 1 is 1.50 bits per heavy atom. The molecule has 1 heterocycles. The smallest absolute Gasteiger partial charge is 0.387 e. The monoisotopic (exact) mass is 404 g/mol. The van der Waals surface area contributed by atoms with Crippen LogP contribution in [-0.4, -0.2) is 33.8 Å². The van der Waals surface area contributed by atoms with E-state index >= 15 is 0 Å². The highest BCUT2D eigenvalue weighted by molar-refractivity contribution is 9.10. The lowest BCUT2D eigenvalue weighted by atomic mass is 10.2. The average Bonchev–Trinajstić information content (AvgIpc) is 2.97. The third-order valence-electron chi connectivity index (χ3n) is 2.86. The lowest BCUT2D eigenvalue weighted by Gasteiger charge is -2.11. The van der Waals surface area contributed by atoms with Crippen LogP contribution in [0, 0.1) is 10.1 Å². The highest BCUT2D eigenvalue weighted by atomic mass is 79.9. The van der Waals surface area contributed by atoms with Crippen LogP contribution in [0.4, 0.5) is 14.5 Å². The molecule has 0 atom stereocenters. The molecule has 0 spiro atoms. The predicted molar refractivity (Wildman–Crippen MR) is 82.0 cm³/mol. The molecule has 0 saturated heterocycles. The van der Waals surface area contributed by atoms with Crippen LogP contribution in [0.1, 0.15) is 10.4 Å². The number of benzene rings is 1. The first kappa shape index (κ1) is 17.8. The Kier molecular flexibility index (Phi) is 5.79. The van der Waals surface area contributed by atoms with Crippen LogP contribution in [0.3, 0.4) is 0 Å². The van der Waals surface area contributed by atoms with Gasteiger partial charge < -0.3 is 10.1 Å². The predicted octanol–water partition coefficient (Wildman–Crippen LogP) is 2.59. The number of hydrogen-bond donors (Lipinski definition) is 1. The molecule has 0 radical (unpaired) electrons. The fourth-order valence-electron chi connectivity index (χ4n) is 1.83. The summed E-state index contributed by atoms with van der Waals surface area (Å²) < 4.78 is 30.9. The summed E-state index contributed by atoms with van der Waals surface area (Å²) in [4.78, 5) is 22.1. The van der Waals surface area contributed by atoms with Crippen molar-refractivity contribution in [2.24, 2.45) is 0 Å². The van der Waals surface area contributed by atoms with E-state index in [0.29, 0.717) is 4.47 Å². The Bertz CT molecular complexity index is 753. The van der Waals surface area contributed by atoms with E-state index in [1.807, 2.05) is 0 Å². The van der Waals surface area contributed by atoms with Gasteiger partial charge in [-0.2, -0.15) is 13.9 Å². The van der Waals surface area contributed by atoms with Crippen molar-refractivity contribution < 1.29 is 23.2 Å². The molecule has 11 heteroatoms. The number of carbonyl (C=O) groups excluding carboxylic acids is 1. The fraction of sp³-hybridized carbons (Fsp3) is 0.231. The van der Waals surface area contributed by atoms with Gasteiger partial charge in [0.05, 0.1) is 17.0 Å². The number of nitrogens with one attached hydrogen (secondary N) is 1. The molecule has 1 amide bonds. The van der Waals surface area contributed by atoms with Gasteiger partial charge in [-0.15, -0.1) is 0 Å². The van der Waals surface area contributed by atoms with Crippen LogP contribution in [0.25, 0.3) is 0 Å². The second-order valence-corrected chi connectivity index (χ2v) is 5.41. The van der Waals surface area contributed by atoms with Crippen LogP contribution in [0.15, 0.2) is 35.1 Å². The van der Waals surface area contributed by atoms with E-state index in [4.69, 9.17) is 0 Å². The van der Waals surface area contributed by atoms with Gasteiger partial charge in [0.2, 0.25) is 0 Å². The van der Waals surface area contributed by atoms with E-state index in [9.17, 15) is 23.7 Å². The average molecular weight is 405 g/mol. The Balaban J connectivity index is 1.99. The van der Waals surface area contributed by atoms with Gasteiger partial charge in [-0.3, -0.25) is 19.6 Å². The molecule has 1 aromatic carbocycles. The number of aromatic nitrogens is 2. The molecule has 0 aliphatic rings. The summed E-state index contributed by atoms with van der Waals surface area (Å²) in [5, 5.41) is 16.8. The van der Waals surface area contributed by atoms with Gasteiger partial charge in [0.1, 0.15) is 18.1 Å². The number of ether oxygens (including phenoxy) is 1. The number of amides is 1. The molecule has 2 rings (SSSR count). The lowest BCUT2D eigenvalue weighted by molar-refractivity contribution is -0.385. The molecule has 8 nitrogen and oxygen atoms in total. The number of rotatable bonds is 7. The van der Waals surface area contributed by atoms with Gasteiger partial charge in [0, 0.05) is 11.0 Å². The molecule has 1 aromatic heterocycles. The van der Waals surface area contributed by atoms with Crippen molar-refractivity contribution in [2.75, 3.05) is 6.54 Å². The molecule has 0 saturated carbocycles. The van der Waals surface area contributed by atoms with Crippen LogP contribution >= 0.6 is 15.9 Å². The Hall–Kier alpha value is -2.56. The Morgan fingerprint density at radius 2 is 2.25 bits per heavy atom. The number of alkyl halides is 2. The maximum atomic E-state index is 12.4. The molecule has 0 fully saturated rings. The van der Waals surface area contributed by atoms with Gasteiger partial charge in [0.15, 0.2) is 0 Å². The van der Waals surface area contributed by atoms with Gasteiger partial charge >= 0.3 is 12.3 Å². The summed E-state index contributed by atoms with van der Waals surface area (Å²) in [7, 11) is 0. The maximum absolute atomic E-state index is 12.4. The number of halogens is 3. The number of hydrogen-bond acceptors (Lipinski definition) is 5. The third kappa shape index (κ3) is 4.72. The molecular formula is C13H11BrF2N4O4. The minimum atomic E-state index is -3.05. The summed E-state index contributed by atoms with van der Waals surface area (Å²) in [5.74, 6) is -0.867. The topological polar surface area (TPSA) is 99.3 Å². The maximum Gasteiger partial charge on any atom is 0.387 e. The normalized spacial score (nSPS) is 10.7. The zero-order valence-corrected chi connectivity index (χ0v) is 13.6. The lowest BCUT2D eigenvalue weighted by Crippen LogP contribution is -2.28. The summed E-state index contributed by atoms with van der Waals surface area (Å²) in [6.45, 7) is -2.78. The molecule has 0 unspecified atom stereocenters. The zero-order valence-electron chi connectivity index (χ0n) is 12.0. The van der Waals surface area contributed by atoms with E-state index in [2.05, 4.69) is 31.1 Å². The molecule has 0 bridgehead atoms. The quantitative estimate of drug-likeness (QED) is 0.564. The highest BCUT2D eigenvalue weighted by Gasteiger charge is 2.16. The highest BCUT2D eigenvalue weighted by Crippen LogP contribution is 2.24. The van der Waals surface area contributed by atoms with Crippen LogP contribution in [0.5, 0.6) is 5.75 Å². The fourth-order valence-corrected chi connectivity index (χ4v) is 2.19. The van der Waals surface area contributed by atoms with Crippen molar-refractivity contribution in [1.82, 2.24) is 15.1 Å². The Labute approximate surface area is 142 Å². The van der Waals surface area contributed by atoms with E-state index in [1.54, 1.807) is 0 Å². The molecule has 128 valence electrons. The van der Waals surface area contributed by atoms with E-state index in [-0.39, 0.29) is 30.1 Å². The molecule has 0 aliphatic heterocycles. The number of carbonyl (C=O) groups is 1. The van der Waals surface area contributed by atoms with Crippen molar-refractivity contribution in [3.8, 4) is 5.75 Å². The van der Waals surface area contributed by atoms with Crippen molar-refractivity contribution in [3.05, 3.63) is 50.7 Å². The largest absolute Gasteiger partial charge is 0.434 e. The molecule has 0 aliphatic carbocycles. The SMILES string of the molecule is O=C(NCCn1cc([N+](=O)[O-])cn1)c1cc(Br)ccc1OC(F)F. The molecule has 1 N–H and O–H groups in total. The number of nitrogens with zero attached hydrogens (tertiary/aromatic N) is 3. The Morgan fingerprint density at radius 3 is 2.88 bits per heavy atom. The molecule has 24 heavy (non-hydrogen) atoms. The van der Waals surface area contributed by atoms with Crippen molar-refractivity contribution in [3.63, 3.8) is 0 Å². The zero-order chi connectivity index (χ0) is 17.7. The summed E-state index contributed by atoms with van der Waals surface area (Å²) >= 11 is 3.15. The number of nitro groups is 1. The van der Waals surface area contributed by atoms with Crippen molar-refractivity contribution >= 4 is 27.5 Å². The van der Waals surface area contributed by atoms with Crippen LogP contribution in [0.2, 0.25) is 0 Å². The van der Waals surface area contributed by atoms with Crippen molar-refractivity contribution in [1.29, 1.82) is 0 Å². The summed E-state index contributed by atoms with van der Waals surface area (Å²) in [5.41, 5.74) is -0.225. The third-order valence-corrected chi connectivity index (χ3v) is 3.35. The standard InChI is InChI=1S/C13H11BrF2N4O4/c14-8-1-2-11(24-13(15)16)10(5-8)12(21)17-3-4-19-7-9(6-18-19)20(22)23/h1-2,5-7,13H,3-4H2,(H,17,21). The second kappa shape index (κ2) is 7.81. The second-order valence-electron chi connectivity index (χ2n) is 4.49. The summed E-state index contributed by atoms with van der Waals surface area (Å²) in [6, 6.07) is 4.07. The van der Waals surface area contributed by atoms with Gasteiger partial charge in [-0.25, -0.2) is 0 Å². The first-order valence-electron chi connectivity index (χ1n) is 6.56. The minimum absolute atomic E-state index is 0.0591. The van der Waals surface area contributed by atoms with Gasteiger partial charge in [0.25, 0.3) is 5.91 Å². The van der Waals surface area contributed by atoms with Gasteiger partial charge in [-0.1, -0.05) is 15.9 Å². The molecule has 2 aromatic rings. The first-order chi connectivity index (χ1) is 11.4. The summed E-state index contributed by atoms with van der Waals surface area (Å²) in [6.07, 6.45) is 2.31. The van der Waals surface area contributed by atoms with Crippen molar-refractivity contribution in [2.45, 2.75) is 13.2 Å². The van der Waals surface area contributed by atoms with E-state index in [1.165, 1.54) is 29.1 Å². The van der Waals surface area contributed by atoms with Crippen LogP contribution < -0.4 is 10.1 Å². The minimum Gasteiger partial charge on any atom is -0.434 e. The van der Waals surface area contributed by atoms with E-state index < -0.39 is 17.4 Å². The molecular weight excluding hydrogens is 394 g/mol. The van der Waals surface area contributed by atoms with Gasteiger partial charge in [-0.05, 0) is 18.2 Å². The van der Waals surface area contributed by atoms with Crippen LogP contribution in [-0.2, 0) is 6.54 Å².